The number of anilines is 5. The number of pyridine rings is 5. The highest BCUT2D eigenvalue weighted by molar-refractivity contribution is 6.34. The van der Waals surface area contributed by atoms with Gasteiger partial charge in [0.25, 0.3) is 27.8 Å². The van der Waals surface area contributed by atoms with Gasteiger partial charge in [-0.1, -0.05) is 96.5 Å². The molecule has 5 aliphatic heterocycles. The quantitative estimate of drug-likeness (QED) is 0.0701. The van der Waals surface area contributed by atoms with E-state index in [4.69, 9.17) is 21.1 Å². The molecule has 25 rings (SSSR count). The monoisotopic (exact) mass is 1840 g/mol. The van der Waals surface area contributed by atoms with Gasteiger partial charge in [0.05, 0.1) is 148 Å². The molecule has 0 spiro atoms. The predicted molar refractivity (Wildman–Crippen MR) is 537 cm³/mol. The van der Waals surface area contributed by atoms with Crippen molar-refractivity contribution >= 4 is 149 Å². The van der Waals surface area contributed by atoms with E-state index in [1.165, 1.54) is 46.4 Å². The van der Waals surface area contributed by atoms with Gasteiger partial charge in [-0.2, -0.15) is 0 Å². The van der Waals surface area contributed by atoms with Crippen LogP contribution in [0.15, 0.2) is 279 Å². The molecule has 5 fully saturated rings. The van der Waals surface area contributed by atoms with Gasteiger partial charge >= 0.3 is 0 Å². The summed E-state index contributed by atoms with van der Waals surface area (Å²) < 4.78 is 47.6. The van der Waals surface area contributed by atoms with Gasteiger partial charge in [0.1, 0.15) is 17.3 Å². The van der Waals surface area contributed by atoms with Crippen molar-refractivity contribution in [3.63, 3.8) is 0 Å². The zero-order valence-electron chi connectivity index (χ0n) is 74.8. The predicted octanol–water partition coefficient (Wildman–Crippen LogP) is 15.9. The minimum absolute atomic E-state index is 0.0658. The number of aromatic nitrogens is 15. The van der Waals surface area contributed by atoms with Gasteiger partial charge in [0.15, 0.2) is 0 Å². The molecule has 0 atom stereocenters. The topological polar surface area (TPSA) is 303 Å². The molecule has 0 amide bonds. The lowest BCUT2D eigenvalue weighted by atomic mass is 10.1. The molecule has 29 nitrogen and oxygen atoms in total. The summed E-state index contributed by atoms with van der Waals surface area (Å²) in [6.45, 7) is 19.9. The maximum Gasteiger partial charge on any atom is 0.280 e. The van der Waals surface area contributed by atoms with Gasteiger partial charge in [0, 0.05) is 173 Å². The number of hydrogen-bond acceptors (Lipinski definition) is 19. The maximum absolute atomic E-state index is 15.1. The summed E-state index contributed by atoms with van der Waals surface area (Å²) in [5.74, 6) is -0.750. The van der Waals surface area contributed by atoms with E-state index in [0.29, 0.717) is 78.8 Å². The number of halogens is 3. The second-order valence-corrected chi connectivity index (χ2v) is 35.0. The number of nitrogens with zero attached hydrogens (tertiary/aromatic N) is 16. The maximum atomic E-state index is 15.1. The van der Waals surface area contributed by atoms with E-state index >= 15 is 4.39 Å². The molecule has 10 aromatic heterocycles. The summed E-state index contributed by atoms with van der Waals surface area (Å²) >= 11 is 6.54. The molecule has 686 valence electrons. The second-order valence-electron chi connectivity index (χ2n) is 34.6. The van der Waals surface area contributed by atoms with Crippen LogP contribution in [0.25, 0.3) is 137 Å². The van der Waals surface area contributed by atoms with Crippen LogP contribution in [0.4, 0.5) is 37.2 Å². The summed E-state index contributed by atoms with van der Waals surface area (Å²) in [5, 5.41) is 27.0. The number of nitrogens with one attached hydrogen (secondary N) is 6. The average Bonchev–Trinajstić information content (AvgIpc) is 1.58. The third-order valence-corrected chi connectivity index (χ3v) is 26.5. The lowest BCUT2D eigenvalue weighted by Gasteiger charge is -2.38. The zero-order valence-corrected chi connectivity index (χ0v) is 75.6. The summed E-state index contributed by atoms with van der Waals surface area (Å²) in [4.78, 5) is 100. The first kappa shape index (κ1) is 87.3. The highest BCUT2D eigenvalue weighted by Crippen LogP contribution is 2.37. The number of para-hydroxylation sites is 5. The van der Waals surface area contributed by atoms with Crippen molar-refractivity contribution in [3.05, 3.63) is 324 Å². The van der Waals surface area contributed by atoms with E-state index < -0.39 is 5.82 Å². The Balaban J connectivity index is 0.000000102. The highest BCUT2D eigenvalue weighted by atomic mass is 35.5. The molecule has 0 aliphatic carbocycles. The van der Waals surface area contributed by atoms with Gasteiger partial charge in [-0.3, -0.25) is 79.3 Å². The second kappa shape index (κ2) is 37.9. The molecule has 32 heteroatoms. The Morgan fingerprint density at radius 2 is 0.654 bits per heavy atom. The summed E-state index contributed by atoms with van der Waals surface area (Å²) in [5.41, 5.74) is 15.2. The van der Waals surface area contributed by atoms with E-state index in [1.54, 1.807) is 69.3 Å². The van der Waals surface area contributed by atoms with Crippen molar-refractivity contribution in [1.82, 2.24) is 84.0 Å². The number of benzene rings is 10. The molecule has 20 aromatic rings. The molecule has 5 saturated heterocycles. The minimum atomic E-state index is -0.461. The summed E-state index contributed by atoms with van der Waals surface area (Å²) in [7, 11) is 0. The van der Waals surface area contributed by atoms with E-state index in [0.717, 1.165) is 205 Å². The molecular weight excluding hydrogens is 1740 g/mol. The lowest BCUT2D eigenvalue weighted by molar-refractivity contribution is 0.122. The zero-order chi connectivity index (χ0) is 92.6. The standard InChI is InChI=1S/C23H24FN5O.C21H20N4O.C20H18ClN5O.C20H17FN4O2.C20H18N4O2/c1-15(2)27-8-10-28(11-9-27)21-13-20-17(12-19(21)24)22-18(14-25-20)23(30)29(26-22)16-6-4-3-5-7-16;26-21-18-14-22-19-10-9-16(24-11-5-2-6-12-24)13-17(19)20(18)23-25(21)15-7-3-1-4-8-15;21-16-11-17-14(10-18(16)25-8-6-22-7-9-25)19-15(12-23-17)20(27)26(24-19)13-4-2-1-3-5-13;21-16-3-1-2-4-18(16)25-20(26)15-12-22-17-6-5-13(11-14(17)19(15)23-25)24-7-9-27-10-8-24;25-20-17-13-21-18-12-15(23-8-10-26-11-9-23)6-7-16(18)19(17)22-24(20)14-4-2-1-3-5-14/h3-7,12-15,26H,8-11H2,1-2H3;1,3-4,7-10,13-14,23H,2,5-6,11-12H2;1-5,10-12,22,24H,6-9H2;1-6,11-12,23H,7-10H2;1-7,12-13,22H,8-11H2. The van der Waals surface area contributed by atoms with E-state index in [9.17, 15) is 28.4 Å². The fourth-order valence-electron chi connectivity index (χ4n) is 18.9. The number of ether oxygens (including phenoxy) is 2. The Morgan fingerprint density at radius 1 is 0.294 bits per heavy atom. The Labute approximate surface area is 780 Å². The summed E-state index contributed by atoms with van der Waals surface area (Å²) in [6.07, 6.45) is 11.9. The van der Waals surface area contributed by atoms with E-state index in [1.807, 2.05) is 158 Å². The Kier molecular flexibility index (Phi) is 24.3. The number of aromatic amines is 5. The number of fused-ring (bicyclic) bond motifs is 15. The fourth-order valence-corrected chi connectivity index (χ4v) is 19.1. The van der Waals surface area contributed by atoms with Crippen LogP contribution in [0.2, 0.25) is 5.02 Å². The highest BCUT2D eigenvalue weighted by Gasteiger charge is 2.27. The van der Waals surface area contributed by atoms with Crippen LogP contribution in [0.5, 0.6) is 0 Å². The normalized spacial score (nSPS) is 15.1. The van der Waals surface area contributed by atoms with Crippen molar-refractivity contribution in [2.45, 2.75) is 39.2 Å². The Bertz CT molecular complexity index is 8170. The van der Waals surface area contributed by atoms with E-state index in [-0.39, 0.29) is 39.3 Å². The number of H-pyrrole nitrogens is 5. The molecule has 0 saturated carbocycles. The van der Waals surface area contributed by atoms with Crippen molar-refractivity contribution in [1.29, 1.82) is 0 Å². The number of piperazine rings is 2. The smallest absolute Gasteiger partial charge is 0.280 e. The Morgan fingerprint density at radius 3 is 1.10 bits per heavy atom. The first-order chi connectivity index (χ1) is 66.6. The summed E-state index contributed by atoms with van der Waals surface area (Å²) in [6, 6.07) is 70.6. The van der Waals surface area contributed by atoms with Crippen LogP contribution in [0, 0.1) is 11.6 Å². The lowest BCUT2D eigenvalue weighted by Crippen LogP contribution is -2.49. The van der Waals surface area contributed by atoms with Crippen molar-refractivity contribution in [3.8, 4) is 28.4 Å². The molecular formula is C104H97ClF2N22O7. The molecule has 0 bridgehead atoms. The largest absolute Gasteiger partial charge is 0.378 e. The first-order valence-corrected chi connectivity index (χ1v) is 46.4. The average molecular weight is 1840 g/mol. The van der Waals surface area contributed by atoms with Crippen LogP contribution in [0.3, 0.4) is 0 Å². The molecule has 5 aliphatic rings. The van der Waals surface area contributed by atoms with Gasteiger partial charge in [-0.05, 0) is 173 Å². The molecule has 10 aromatic carbocycles. The van der Waals surface area contributed by atoms with Gasteiger partial charge < -0.3 is 39.3 Å². The Hall–Kier alpha value is -15.4. The SMILES string of the molecule is CC(C)N1CCN(c2cc3ncc4c(=O)n(-c5ccccc5)[nH]c4c3cc2F)CC1.O=c1c2cnc3cc(Cl)c(N4CCNCC4)cc3c2[nH]n1-c1ccccc1.O=c1c2cnc3cc(N4CCOCC4)ccc3c2[nH]n1-c1ccccc1.O=c1c2cnc3ccc(N4CCCCC4)cc3c2[nH]n1-c1ccccc1.O=c1c2cnc3ccc(N4CCOCC4)cc3c2[nH]n1-c1ccccc1F. The molecule has 6 N–H and O–H groups in total. The molecule has 0 radical (unpaired) electrons. The third kappa shape index (κ3) is 17.1. The number of piperidine rings is 1. The van der Waals surface area contributed by atoms with Crippen molar-refractivity contribution in [2.75, 3.05) is 143 Å². The van der Waals surface area contributed by atoms with Crippen molar-refractivity contribution < 1.29 is 18.3 Å². The molecule has 15 heterocycles. The van der Waals surface area contributed by atoms with Crippen LogP contribution >= 0.6 is 11.6 Å². The van der Waals surface area contributed by atoms with Crippen molar-refractivity contribution in [2.24, 2.45) is 0 Å². The van der Waals surface area contributed by atoms with Gasteiger partial charge in [-0.25, -0.2) is 32.2 Å². The molecule has 0 unspecified atom stereocenters. The first-order valence-electron chi connectivity index (χ1n) is 46.0. The van der Waals surface area contributed by atoms with Crippen LogP contribution in [-0.4, -0.2) is 203 Å². The third-order valence-electron chi connectivity index (χ3n) is 26.2. The molecule has 136 heavy (non-hydrogen) atoms. The van der Waals surface area contributed by atoms with Gasteiger partial charge in [0.2, 0.25) is 0 Å². The number of rotatable bonds is 11. The van der Waals surface area contributed by atoms with Crippen LogP contribution < -0.4 is 57.6 Å². The van der Waals surface area contributed by atoms with Crippen LogP contribution in [-0.2, 0) is 9.47 Å². The number of morpholine rings is 2. The van der Waals surface area contributed by atoms with E-state index in [2.05, 4.69) is 129 Å². The minimum Gasteiger partial charge on any atom is -0.378 e. The van der Waals surface area contributed by atoms with Crippen LogP contribution in [0.1, 0.15) is 33.1 Å². The fraction of sp³-hybridized carbons (Fsp3) is 0.231. The van der Waals surface area contributed by atoms with Gasteiger partial charge in [-0.15, -0.1) is 0 Å². The number of hydrogen-bond donors (Lipinski definition) is 6.